The number of carbonyl (C=O) groups is 2. The zero-order valence-corrected chi connectivity index (χ0v) is 11.5. The molecule has 0 aromatic heterocycles. The van der Waals surface area contributed by atoms with Crippen molar-refractivity contribution in [1.82, 2.24) is 0 Å². The Morgan fingerprint density at radius 3 is 2.35 bits per heavy atom. The molecule has 0 aliphatic carbocycles. The van der Waals surface area contributed by atoms with E-state index in [9.17, 15) is 9.59 Å². The summed E-state index contributed by atoms with van der Waals surface area (Å²) < 4.78 is 5.07. The molecule has 0 atom stereocenters. The van der Waals surface area contributed by atoms with E-state index in [2.05, 4.69) is 0 Å². The summed E-state index contributed by atoms with van der Waals surface area (Å²) in [6, 6.07) is 10.2. The second kappa shape index (κ2) is 5.94. The van der Waals surface area contributed by atoms with Crippen LogP contribution in [0.5, 0.6) is 5.75 Å². The Balaban J connectivity index is 2.30. The SMILES string of the molecule is O=C(Oc1ccccc1C(=O)O)c1ccc(Cl)cc1Cl. The summed E-state index contributed by atoms with van der Waals surface area (Å²) in [5.41, 5.74) is 0.00203. The molecule has 0 aliphatic rings. The molecule has 2 rings (SSSR count). The van der Waals surface area contributed by atoms with Gasteiger partial charge in [-0.3, -0.25) is 0 Å². The highest BCUT2D eigenvalue weighted by Crippen LogP contribution is 2.24. The van der Waals surface area contributed by atoms with Gasteiger partial charge in [-0.1, -0.05) is 35.3 Å². The molecule has 4 nitrogen and oxygen atoms in total. The molecule has 1 N–H and O–H groups in total. The van der Waals surface area contributed by atoms with E-state index in [-0.39, 0.29) is 21.9 Å². The minimum Gasteiger partial charge on any atom is -0.478 e. The Labute approximate surface area is 124 Å². The summed E-state index contributed by atoms with van der Waals surface area (Å²) in [4.78, 5) is 23.0. The molecule has 2 aromatic rings. The van der Waals surface area contributed by atoms with Crippen LogP contribution < -0.4 is 4.74 Å². The monoisotopic (exact) mass is 310 g/mol. The van der Waals surface area contributed by atoms with E-state index < -0.39 is 11.9 Å². The van der Waals surface area contributed by atoms with Gasteiger partial charge in [0.25, 0.3) is 0 Å². The highest BCUT2D eigenvalue weighted by Gasteiger charge is 2.17. The molecular weight excluding hydrogens is 303 g/mol. The summed E-state index contributed by atoms with van der Waals surface area (Å²) >= 11 is 11.6. The lowest BCUT2D eigenvalue weighted by molar-refractivity contribution is 0.0681. The maximum Gasteiger partial charge on any atom is 0.345 e. The van der Waals surface area contributed by atoms with Crippen LogP contribution in [0, 0.1) is 0 Å². The molecule has 0 spiro atoms. The summed E-state index contributed by atoms with van der Waals surface area (Å²) in [7, 11) is 0. The smallest absolute Gasteiger partial charge is 0.345 e. The van der Waals surface area contributed by atoms with Gasteiger partial charge in [0.05, 0.1) is 10.6 Å². The van der Waals surface area contributed by atoms with Crippen molar-refractivity contribution in [2.45, 2.75) is 0 Å². The van der Waals surface area contributed by atoms with Gasteiger partial charge < -0.3 is 9.84 Å². The third-order valence-electron chi connectivity index (χ3n) is 2.47. The van der Waals surface area contributed by atoms with Gasteiger partial charge in [0.2, 0.25) is 0 Å². The molecule has 0 fully saturated rings. The van der Waals surface area contributed by atoms with E-state index in [1.807, 2.05) is 0 Å². The second-order valence-corrected chi connectivity index (χ2v) is 4.66. The summed E-state index contributed by atoms with van der Waals surface area (Å²) in [5, 5.41) is 9.53. The van der Waals surface area contributed by atoms with Crippen molar-refractivity contribution in [1.29, 1.82) is 0 Å². The third-order valence-corrected chi connectivity index (χ3v) is 3.02. The van der Waals surface area contributed by atoms with Crippen LogP contribution in [0.1, 0.15) is 20.7 Å². The summed E-state index contributed by atoms with van der Waals surface area (Å²) in [6.07, 6.45) is 0. The average molecular weight is 311 g/mol. The first-order valence-corrected chi connectivity index (χ1v) is 6.24. The number of halogens is 2. The molecule has 102 valence electrons. The number of rotatable bonds is 3. The normalized spacial score (nSPS) is 10.1. The lowest BCUT2D eigenvalue weighted by Gasteiger charge is -2.08. The Morgan fingerprint density at radius 1 is 1.00 bits per heavy atom. The number of carbonyl (C=O) groups excluding carboxylic acids is 1. The first-order valence-electron chi connectivity index (χ1n) is 5.48. The average Bonchev–Trinajstić information content (AvgIpc) is 2.38. The molecule has 0 heterocycles. The van der Waals surface area contributed by atoms with Crippen LogP contribution in [-0.2, 0) is 0 Å². The zero-order chi connectivity index (χ0) is 14.7. The van der Waals surface area contributed by atoms with Crippen molar-refractivity contribution < 1.29 is 19.4 Å². The van der Waals surface area contributed by atoms with E-state index in [0.29, 0.717) is 5.02 Å². The number of para-hydroxylation sites is 1. The van der Waals surface area contributed by atoms with Crippen LogP contribution in [-0.4, -0.2) is 17.0 Å². The van der Waals surface area contributed by atoms with Crippen molar-refractivity contribution in [3.8, 4) is 5.75 Å². The molecule has 6 heteroatoms. The summed E-state index contributed by atoms with van der Waals surface area (Å²) in [6.45, 7) is 0. The lowest BCUT2D eigenvalue weighted by Crippen LogP contribution is -2.12. The fourth-order valence-electron chi connectivity index (χ4n) is 1.54. The van der Waals surface area contributed by atoms with Gasteiger partial charge in [-0.05, 0) is 30.3 Å². The third kappa shape index (κ3) is 3.10. The van der Waals surface area contributed by atoms with Gasteiger partial charge in [-0.15, -0.1) is 0 Å². The van der Waals surface area contributed by atoms with Gasteiger partial charge in [0, 0.05) is 5.02 Å². The first-order chi connectivity index (χ1) is 9.49. The van der Waals surface area contributed by atoms with E-state index in [1.165, 1.54) is 36.4 Å². The van der Waals surface area contributed by atoms with Crippen molar-refractivity contribution >= 4 is 35.1 Å². The topological polar surface area (TPSA) is 63.6 Å². The number of esters is 1. The molecule has 0 aliphatic heterocycles. The molecule has 0 amide bonds. The molecular formula is C14H8Cl2O4. The van der Waals surface area contributed by atoms with Gasteiger partial charge in [-0.25, -0.2) is 9.59 Å². The van der Waals surface area contributed by atoms with E-state index in [1.54, 1.807) is 6.07 Å². The van der Waals surface area contributed by atoms with Gasteiger partial charge in [0.1, 0.15) is 11.3 Å². The fraction of sp³-hybridized carbons (Fsp3) is 0. The van der Waals surface area contributed by atoms with Crippen LogP contribution in [0.2, 0.25) is 10.0 Å². The van der Waals surface area contributed by atoms with Crippen LogP contribution in [0.25, 0.3) is 0 Å². The maximum atomic E-state index is 12.0. The number of benzene rings is 2. The summed E-state index contributed by atoms with van der Waals surface area (Å²) in [5.74, 6) is -1.98. The van der Waals surface area contributed by atoms with Crippen molar-refractivity contribution in [3.05, 3.63) is 63.6 Å². The highest BCUT2D eigenvalue weighted by molar-refractivity contribution is 6.36. The van der Waals surface area contributed by atoms with Gasteiger partial charge >= 0.3 is 11.9 Å². The zero-order valence-electron chi connectivity index (χ0n) is 9.97. The second-order valence-electron chi connectivity index (χ2n) is 3.81. The van der Waals surface area contributed by atoms with Crippen LogP contribution in [0.15, 0.2) is 42.5 Å². The minimum absolute atomic E-state index is 0.0454. The lowest BCUT2D eigenvalue weighted by atomic mass is 10.2. The molecule has 20 heavy (non-hydrogen) atoms. The maximum absolute atomic E-state index is 12.0. The van der Waals surface area contributed by atoms with Gasteiger partial charge in [-0.2, -0.15) is 0 Å². The Kier molecular flexibility index (Phi) is 4.27. The van der Waals surface area contributed by atoms with Crippen molar-refractivity contribution in [2.24, 2.45) is 0 Å². The quantitative estimate of drug-likeness (QED) is 0.689. The molecule has 0 unspecified atom stereocenters. The van der Waals surface area contributed by atoms with Gasteiger partial charge in [0.15, 0.2) is 0 Å². The van der Waals surface area contributed by atoms with Crippen LogP contribution in [0.3, 0.4) is 0 Å². The standard InChI is InChI=1S/C14H8Cl2O4/c15-8-5-6-9(11(16)7-8)14(19)20-12-4-2-1-3-10(12)13(17)18/h1-7H,(H,17,18). The molecule has 2 aromatic carbocycles. The number of carboxylic acids is 1. The number of ether oxygens (including phenoxy) is 1. The van der Waals surface area contributed by atoms with Crippen LogP contribution in [0.4, 0.5) is 0 Å². The van der Waals surface area contributed by atoms with Crippen LogP contribution >= 0.6 is 23.2 Å². The minimum atomic E-state index is -1.18. The Morgan fingerprint density at radius 2 is 1.70 bits per heavy atom. The highest BCUT2D eigenvalue weighted by atomic mass is 35.5. The Bertz CT molecular complexity index is 683. The Hall–Kier alpha value is -2.04. The van der Waals surface area contributed by atoms with E-state index >= 15 is 0 Å². The number of aromatic carboxylic acids is 1. The van der Waals surface area contributed by atoms with Crippen molar-refractivity contribution in [3.63, 3.8) is 0 Å². The predicted molar refractivity (Wildman–Crippen MR) is 74.8 cm³/mol. The largest absolute Gasteiger partial charge is 0.478 e. The molecule has 0 radical (unpaired) electrons. The molecule has 0 saturated heterocycles. The number of hydrogen-bond donors (Lipinski definition) is 1. The van der Waals surface area contributed by atoms with Crippen molar-refractivity contribution in [2.75, 3.05) is 0 Å². The predicted octanol–water partition coefficient (Wildman–Crippen LogP) is 3.91. The molecule has 0 saturated carbocycles. The van der Waals surface area contributed by atoms with E-state index in [4.69, 9.17) is 33.0 Å². The van der Waals surface area contributed by atoms with E-state index in [0.717, 1.165) is 0 Å². The first kappa shape index (κ1) is 14.4. The fourth-order valence-corrected chi connectivity index (χ4v) is 2.03. The number of hydrogen-bond acceptors (Lipinski definition) is 3. The number of carboxylic acid groups (broad SMARTS) is 1. The molecule has 0 bridgehead atoms.